The van der Waals surface area contributed by atoms with Crippen LogP contribution in [0, 0.1) is 0 Å². The van der Waals surface area contributed by atoms with Crippen molar-refractivity contribution in [1.82, 2.24) is 10.3 Å². The molecule has 5 nitrogen and oxygen atoms in total. The molecule has 2 N–H and O–H groups in total. The molecular weight excluding hydrogens is 310 g/mol. The van der Waals surface area contributed by atoms with Gasteiger partial charge in [0.15, 0.2) is 0 Å². The van der Waals surface area contributed by atoms with E-state index in [4.69, 9.17) is 0 Å². The zero-order valence-corrected chi connectivity index (χ0v) is 12.5. The average Bonchev–Trinajstić information content (AvgIpc) is 2.42. The molecule has 0 radical (unpaired) electrons. The van der Waals surface area contributed by atoms with Gasteiger partial charge in [-0.2, -0.15) is 0 Å². The number of piperidine rings is 1. The Morgan fingerprint density at radius 3 is 2.84 bits per heavy atom. The Labute approximate surface area is 121 Å². The van der Waals surface area contributed by atoms with Crippen LogP contribution in [0.1, 0.15) is 30.1 Å². The molecule has 1 aromatic heterocycles. The van der Waals surface area contributed by atoms with Crippen LogP contribution in [0.5, 0.6) is 0 Å². The second kappa shape index (κ2) is 6.34. The fraction of sp³-hybridized carbons (Fsp3) is 0.538. The molecule has 19 heavy (non-hydrogen) atoms. The summed E-state index contributed by atoms with van der Waals surface area (Å²) in [6, 6.07) is 1.98. The number of rotatable bonds is 4. The molecule has 1 fully saturated rings. The molecule has 6 heteroatoms. The van der Waals surface area contributed by atoms with Crippen LogP contribution >= 0.6 is 15.9 Å². The van der Waals surface area contributed by atoms with Gasteiger partial charge in [-0.3, -0.25) is 0 Å². The molecule has 0 saturated carbocycles. The first-order valence-electron chi connectivity index (χ1n) is 6.49. The van der Waals surface area contributed by atoms with Gasteiger partial charge < -0.3 is 15.3 Å². The molecule has 1 aliphatic rings. The number of aromatic nitrogens is 1. The lowest BCUT2D eigenvalue weighted by Crippen LogP contribution is -2.44. The van der Waals surface area contributed by atoms with Crippen LogP contribution in [0.3, 0.4) is 0 Å². The van der Waals surface area contributed by atoms with Crippen molar-refractivity contribution in [2.45, 2.75) is 25.8 Å². The summed E-state index contributed by atoms with van der Waals surface area (Å²) in [6.45, 7) is 4.75. The largest absolute Gasteiger partial charge is 0.478 e. The molecule has 0 aromatic carbocycles. The molecule has 0 atom stereocenters. The fourth-order valence-electron chi connectivity index (χ4n) is 2.52. The van der Waals surface area contributed by atoms with E-state index in [2.05, 4.69) is 31.1 Å². The van der Waals surface area contributed by atoms with Crippen molar-refractivity contribution in [3.05, 3.63) is 22.3 Å². The molecule has 0 spiro atoms. The quantitative estimate of drug-likeness (QED) is 0.886. The molecule has 1 aromatic rings. The molecule has 2 rings (SSSR count). The number of aromatic carboxylic acids is 1. The number of nitrogens with zero attached hydrogens (tertiary/aromatic N) is 2. The Morgan fingerprint density at radius 2 is 2.26 bits per heavy atom. The number of hydrogen-bond donors (Lipinski definition) is 2. The summed E-state index contributed by atoms with van der Waals surface area (Å²) in [4.78, 5) is 17.8. The lowest BCUT2D eigenvalue weighted by molar-refractivity contribution is 0.0697. The highest BCUT2D eigenvalue weighted by atomic mass is 79.9. The van der Waals surface area contributed by atoms with E-state index in [0.29, 0.717) is 16.3 Å². The standard InChI is InChI=1S/C13H18BrN3O2/c1-2-17(10-3-5-15-6-4-10)12-11(13(18)19)7-9(14)8-16-12/h7-8,10,15H,2-6H2,1H3,(H,18,19). The van der Waals surface area contributed by atoms with Crippen molar-refractivity contribution in [2.75, 3.05) is 24.5 Å². The highest BCUT2D eigenvalue weighted by Crippen LogP contribution is 2.25. The van der Waals surface area contributed by atoms with Gasteiger partial charge in [-0.15, -0.1) is 0 Å². The maximum absolute atomic E-state index is 11.4. The first kappa shape index (κ1) is 14.3. The normalized spacial score (nSPS) is 16.3. The predicted molar refractivity (Wildman–Crippen MR) is 77.8 cm³/mol. The van der Waals surface area contributed by atoms with Gasteiger partial charge in [0.25, 0.3) is 0 Å². The number of carbonyl (C=O) groups is 1. The Morgan fingerprint density at radius 1 is 1.58 bits per heavy atom. The zero-order valence-electron chi connectivity index (χ0n) is 10.9. The number of pyridine rings is 1. The Bertz CT molecular complexity index is 461. The van der Waals surface area contributed by atoms with Crippen LogP contribution < -0.4 is 10.2 Å². The maximum Gasteiger partial charge on any atom is 0.339 e. The van der Waals surface area contributed by atoms with Gasteiger partial charge in [-0.1, -0.05) is 0 Å². The number of carboxylic acids is 1. The minimum atomic E-state index is -0.934. The summed E-state index contributed by atoms with van der Waals surface area (Å²) >= 11 is 3.28. The Hall–Kier alpha value is -1.14. The van der Waals surface area contributed by atoms with Crippen LogP contribution in [0.25, 0.3) is 0 Å². The minimum Gasteiger partial charge on any atom is -0.478 e. The average molecular weight is 328 g/mol. The number of carboxylic acid groups (broad SMARTS) is 1. The number of anilines is 1. The molecule has 1 saturated heterocycles. The molecule has 0 unspecified atom stereocenters. The van der Waals surface area contributed by atoms with E-state index >= 15 is 0 Å². The van der Waals surface area contributed by atoms with E-state index in [1.165, 1.54) is 0 Å². The zero-order chi connectivity index (χ0) is 13.8. The van der Waals surface area contributed by atoms with Crippen molar-refractivity contribution in [2.24, 2.45) is 0 Å². The first-order chi connectivity index (χ1) is 9.13. The van der Waals surface area contributed by atoms with E-state index in [-0.39, 0.29) is 5.56 Å². The van der Waals surface area contributed by atoms with Crippen molar-refractivity contribution in [1.29, 1.82) is 0 Å². The van der Waals surface area contributed by atoms with Crippen LogP contribution in [0.4, 0.5) is 5.82 Å². The van der Waals surface area contributed by atoms with Gasteiger partial charge in [0.05, 0.1) is 0 Å². The lowest BCUT2D eigenvalue weighted by atomic mass is 10.0. The number of halogens is 1. The van der Waals surface area contributed by atoms with Gasteiger partial charge in [0.2, 0.25) is 0 Å². The van der Waals surface area contributed by atoms with E-state index in [1.54, 1.807) is 12.3 Å². The molecule has 0 bridgehead atoms. The van der Waals surface area contributed by atoms with Crippen LogP contribution in [0.15, 0.2) is 16.7 Å². The van der Waals surface area contributed by atoms with Crippen LogP contribution in [-0.2, 0) is 0 Å². The molecule has 1 aliphatic heterocycles. The summed E-state index contributed by atoms with van der Waals surface area (Å²) < 4.78 is 0.690. The maximum atomic E-state index is 11.4. The number of hydrogen-bond acceptors (Lipinski definition) is 4. The van der Waals surface area contributed by atoms with Gasteiger partial charge in [0.1, 0.15) is 11.4 Å². The minimum absolute atomic E-state index is 0.259. The summed E-state index contributed by atoms with van der Waals surface area (Å²) in [5.74, 6) is -0.360. The SMILES string of the molecule is CCN(c1ncc(Br)cc1C(=O)O)C1CCNCC1. The van der Waals surface area contributed by atoms with Crippen molar-refractivity contribution in [3.63, 3.8) is 0 Å². The predicted octanol–water partition coefficient (Wildman–Crippen LogP) is 2.12. The first-order valence-corrected chi connectivity index (χ1v) is 7.29. The summed E-state index contributed by atoms with van der Waals surface area (Å²) in [6.07, 6.45) is 3.70. The Kier molecular flexibility index (Phi) is 4.76. The lowest BCUT2D eigenvalue weighted by Gasteiger charge is -2.35. The van der Waals surface area contributed by atoms with Crippen molar-refractivity contribution >= 4 is 27.7 Å². The van der Waals surface area contributed by atoms with Gasteiger partial charge in [-0.25, -0.2) is 9.78 Å². The van der Waals surface area contributed by atoms with E-state index in [9.17, 15) is 9.90 Å². The molecular formula is C13H18BrN3O2. The van der Waals surface area contributed by atoms with E-state index < -0.39 is 5.97 Å². The molecule has 2 heterocycles. The third-order valence-corrected chi connectivity index (χ3v) is 3.86. The smallest absolute Gasteiger partial charge is 0.339 e. The molecule has 0 aliphatic carbocycles. The highest BCUT2D eigenvalue weighted by Gasteiger charge is 2.25. The summed E-state index contributed by atoms with van der Waals surface area (Å²) in [5.41, 5.74) is 0.259. The third kappa shape index (κ3) is 3.25. The van der Waals surface area contributed by atoms with Gasteiger partial charge in [0, 0.05) is 23.3 Å². The monoisotopic (exact) mass is 327 g/mol. The van der Waals surface area contributed by atoms with Crippen LogP contribution in [-0.4, -0.2) is 41.7 Å². The molecule has 0 amide bonds. The van der Waals surface area contributed by atoms with E-state index in [1.807, 2.05) is 6.92 Å². The summed E-state index contributed by atoms with van der Waals surface area (Å²) in [7, 11) is 0. The second-order valence-corrected chi connectivity index (χ2v) is 5.51. The van der Waals surface area contributed by atoms with Crippen molar-refractivity contribution in [3.8, 4) is 0 Å². The van der Waals surface area contributed by atoms with Crippen molar-refractivity contribution < 1.29 is 9.90 Å². The third-order valence-electron chi connectivity index (χ3n) is 3.43. The highest BCUT2D eigenvalue weighted by molar-refractivity contribution is 9.10. The topological polar surface area (TPSA) is 65.5 Å². The fourth-order valence-corrected chi connectivity index (χ4v) is 2.85. The van der Waals surface area contributed by atoms with E-state index in [0.717, 1.165) is 32.5 Å². The molecule has 104 valence electrons. The Balaban J connectivity index is 2.34. The van der Waals surface area contributed by atoms with Gasteiger partial charge in [-0.05, 0) is 54.9 Å². The second-order valence-electron chi connectivity index (χ2n) is 4.60. The van der Waals surface area contributed by atoms with Crippen LogP contribution in [0.2, 0.25) is 0 Å². The summed E-state index contributed by atoms with van der Waals surface area (Å²) in [5, 5.41) is 12.7. The van der Waals surface area contributed by atoms with Gasteiger partial charge >= 0.3 is 5.97 Å². The number of nitrogens with one attached hydrogen (secondary N) is 1.